The van der Waals surface area contributed by atoms with E-state index in [9.17, 15) is 9.59 Å². The van der Waals surface area contributed by atoms with Gasteiger partial charge in [-0.2, -0.15) is 5.26 Å². The largest absolute Gasteiger partial charge is 0.315 e. The minimum absolute atomic E-state index is 0.113. The highest BCUT2D eigenvalue weighted by atomic mass is 16.2. The van der Waals surface area contributed by atoms with E-state index in [0.717, 1.165) is 0 Å². The predicted octanol–water partition coefficient (Wildman–Crippen LogP) is -0.0871. The quantitative estimate of drug-likeness (QED) is 0.605. The molecule has 0 fully saturated rings. The van der Waals surface area contributed by atoms with E-state index in [-0.39, 0.29) is 12.4 Å². The van der Waals surface area contributed by atoms with Crippen LogP contribution in [0.25, 0.3) is 0 Å². The second-order valence-electron chi connectivity index (χ2n) is 2.47. The number of Topliss-reactive ketones (excluding diaryl/α,β-unsaturated/α-hetero) is 2. The van der Waals surface area contributed by atoms with E-state index in [1.54, 1.807) is 0 Å². The lowest BCUT2D eigenvalue weighted by atomic mass is 10.3. The lowest BCUT2D eigenvalue weighted by Gasteiger charge is -1.98. The molecule has 0 aliphatic carbocycles. The van der Waals surface area contributed by atoms with Crippen molar-refractivity contribution in [3.05, 3.63) is 18.2 Å². The van der Waals surface area contributed by atoms with Gasteiger partial charge in [0.1, 0.15) is 6.07 Å². The van der Waals surface area contributed by atoms with Crippen LogP contribution in [0, 0.1) is 11.3 Å². The molecule has 5 heteroatoms. The van der Waals surface area contributed by atoms with Gasteiger partial charge in [0.15, 0.2) is 5.78 Å². The third-order valence-electron chi connectivity index (χ3n) is 1.52. The summed E-state index contributed by atoms with van der Waals surface area (Å²) in [5, 5.41) is 8.53. The van der Waals surface area contributed by atoms with Gasteiger partial charge in [0.05, 0.1) is 6.54 Å². The van der Waals surface area contributed by atoms with Gasteiger partial charge in [0.25, 0.3) is 0 Å². The van der Waals surface area contributed by atoms with Crippen LogP contribution in [0.1, 0.15) is 12.7 Å². The number of aromatic nitrogens is 2. The van der Waals surface area contributed by atoms with Gasteiger partial charge in [-0.15, -0.1) is 0 Å². The standard InChI is InChI=1S/C8H7N3O2/c1-6(12)7(13)5-11-3-2-10-8(11)4-9/h2-3H,5H2,1H3. The van der Waals surface area contributed by atoms with Gasteiger partial charge in [-0.3, -0.25) is 9.59 Å². The molecule has 0 spiro atoms. The molecule has 1 rings (SSSR count). The molecule has 0 aromatic carbocycles. The third-order valence-corrected chi connectivity index (χ3v) is 1.52. The number of imidazole rings is 1. The van der Waals surface area contributed by atoms with Crippen molar-refractivity contribution in [1.82, 2.24) is 9.55 Å². The minimum Gasteiger partial charge on any atom is -0.315 e. The Hall–Kier alpha value is -1.96. The van der Waals surface area contributed by atoms with Crippen LogP contribution >= 0.6 is 0 Å². The first-order valence-electron chi connectivity index (χ1n) is 3.60. The molecule has 13 heavy (non-hydrogen) atoms. The Bertz CT molecular complexity index is 386. The molecule has 0 saturated carbocycles. The number of carbonyl (C=O) groups excluding carboxylic acids is 2. The van der Waals surface area contributed by atoms with Gasteiger partial charge in [-0.05, 0) is 0 Å². The maximum atomic E-state index is 11.0. The Morgan fingerprint density at radius 2 is 2.38 bits per heavy atom. The maximum absolute atomic E-state index is 11.0. The summed E-state index contributed by atoms with van der Waals surface area (Å²) in [5.41, 5.74) is 0. The van der Waals surface area contributed by atoms with E-state index >= 15 is 0 Å². The summed E-state index contributed by atoms with van der Waals surface area (Å²) in [6.07, 6.45) is 2.89. The van der Waals surface area contributed by atoms with Crippen molar-refractivity contribution >= 4 is 11.6 Å². The molecular formula is C8H7N3O2. The van der Waals surface area contributed by atoms with Crippen molar-refractivity contribution in [2.45, 2.75) is 13.5 Å². The molecule has 0 atom stereocenters. The Balaban J connectivity index is 2.81. The number of nitriles is 1. The number of hydrogen-bond acceptors (Lipinski definition) is 4. The van der Waals surface area contributed by atoms with E-state index in [2.05, 4.69) is 4.98 Å². The maximum Gasteiger partial charge on any atom is 0.217 e. The Labute approximate surface area is 74.6 Å². The molecule has 1 aromatic heterocycles. The van der Waals surface area contributed by atoms with Crippen molar-refractivity contribution < 1.29 is 9.59 Å². The fraction of sp³-hybridized carbons (Fsp3) is 0.250. The number of hydrogen-bond donors (Lipinski definition) is 0. The van der Waals surface area contributed by atoms with Crippen LogP contribution in [0.3, 0.4) is 0 Å². The molecular weight excluding hydrogens is 170 g/mol. The van der Waals surface area contributed by atoms with Crippen molar-refractivity contribution in [3.8, 4) is 6.07 Å². The summed E-state index contributed by atoms with van der Waals surface area (Å²) in [6.45, 7) is 1.09. The van der Waals surface area contributed by atoms with Crippen LogP contribution < -0.4 is 0 Å². The average Bonchev–Trinajstić information content (AvgIpc) is 2.51. The van der Waals surface area contributed by atoms with Crippen molar-refractivity contribution in [2.24, 2.45) is 0 Å². The fourth-order valence-electron chi connectivity index (χ4n) is 0.816. The van der Waals surface area contributed by atoms with Gasteiger partial charge in [-0.25, -0.2) is 4.98 Å². The van der Waals surface area contributed by atoms with E-state index in [4.69, 9.17) is 5.26 Å². The second-order valence-corrected chi connectivity index (χ2v) is 2.47. The molecule has 0 N–H and O–H groups in total. The molecule has 0 unspecified atom stereocenters. The SMILES string of the molecule is CC(=O)C(=O)Cn1ccnc1C#N. The highest BCUT2D eigenvalue weighted by molar-refractivity contribution is 6.36. The van der Waals surface area contributed by atoms with Gasteiger partial charge < -0.3 is 4.57 Å². The van der Waals surface area contributed by atoms with Gasteiger partial charge in [-0.1, -0.05) is 0 Å². The topological polar surface area (TPSA) is 75.8 Å². The molecule has 1 aromatic rings. The summed E-state index contributed by atoms with van der Waals surface area (Å²) in [5.74, 6) is -0.915. The van der Waals surface area contributed by atoms with Gasteiger partial charge in [0.2, 0.25) is 11.6 Å². The highest BCUT2D eigenvalue weighted by Gasteiger charge is 2.10. The lowest BCUT2D eigenvalue weighted by molar-refractivity contribution is -0.135. The van der Waals surface area contributed by atoms with Crippen LogP contribution in [0.4, 0.5) is 0 Å². The fourth-order valence-corrected chi connectivity index (χ4v) is 0.816. The van der Waals surface area contributed by atoms with E-state index < -0.39 is 11.6 Å². The second kappa shape index (κ2) is 3.63. The molecule has 5 nitrogen and oxygen atoms in total. The third kappa shape index (κ3) is 1.99. The van der Waals surface area contributed by atoms with Crippen molar-refractivity contribution in [3.63, 3.8) is 0 Å². The molecule has 0 aliphatic rings. The number of carbonyl (C=O) groups is 2. The summed E-state index contributed by atoms with van der Waals surface area (Å²) in [6, 6.07) is 1.81. The molecule has 66 valence electrons. The summed E-state index contributed by atoms with van der Waals surface area (Å²) in [4.78, 5) is 25.3. The van der Waals surface area contributed by atoms with Gasteiger partial charge in [0, 0.05) is 19.3 Å². The van der Waals surface area contributed by atoms with Crippen molar-refractivity contribution in [2.75, 3.05) is 0 Å². The summed E-state index contributed by atoms with van der Waals surface area (Å²) >= 11 is 0. The van der Waals surface area contributed by atoms with Crippen LogP contribution in [0.15, 0.2) is 12.4 Å². The summed E-state index contributed by atoms with van der Waals surface area (Å²) < 4.78 is 1.34. The summed E-state index contributed by atoms with van der Waals surface area (Å²) in [7, 11) is 0. The van der Waals surface area contributed by atoms with E-state index in [0.29, 0.717) is 0 Å². The monoisotopic (exact) mass is 177 g/mol. The first-order chi connectivity index (χ1) is 6.15. The molecule has 0 amide bonds. The number of rotatable bonds is 3. The molecule has 0 radical (unpaired) electrons. The van der Waals surface area contributed by atoms with E-state index in [1.165, 1.54) is 23.9 Å². The number of ketones is 2. The molecule has 0 aliphatic heterocycles. The van der Waals surface area contributed by atoms with Crippen LogP contribution in [0.5, 0.6) is 0 Å². The average molecular weight is 177 g/mol. The van der Waals surface area contributed by atoms with Crippen LogP contribution in [-0.4, -0.2) is 21.1 Å². The zero-order chi connectivity index (χ0) is 9.84. The first-order valence-corrected chi connectivity index (χ1v) is 3.60. The van der Waals surface area contributed by atoms with Crippen LogP contribution in [0.2, 0.25) is 0 Å². The Morgan fingerprint density at radius 3 is 2.92 bits per heavy atom. The molecule has 0 saturated heterocycles. The van der Waals surface area contributed by atoms with Crippen molar-refractivity contribution in [1.29, 1.82) is 5.26 Å². The molecule has 1 heterocycles. The first kappa shape index (κ1) is 9.13. The molecule has 0 bridgehead atoms. The zero-order valence-electron chi connectivity index (χ0n) is 7.02. The van der Waals surface area contributed by atoms with E-state index in [1.807, 2.05) is 6.07 Å². The minimum atomic E-state index is -0.533. The Kier molecular flexibility index (Phi) is 2.55. The Morgan fingerprint density at radius 1 is 1.69 bits per heavy atom. The highest BCUT2D eigenvalue weighted by Crippen LogP contribution is 1.95. The predicted molar refractivity (Wildman–Crippen MR) is 42.6 cm³/mol. The van der Waals surface area contributed by atoms with Crippen LogP contribution in [-0.2, 0) is 16.1 Å². The number of nitrogens with zero attached hydrogens (tertiary/aromatic N) is 3. The smallest absolute Gasteiger partial charge is 0.217 e. The van der Waals surface area contributed by atoms with Gasteiger partial charge >= 0.3 is 0 Å². The normalized spacial score (nSPS) is 9.23. The lowest BCUT2D eigenvalue weighted by Crippen LogP contribution is -2.17. The zero-order valence-corrected chi connectivity index (χ0v) is 7.02.